The van der Waals surface area contributed by atoms with Gasteiger partial charge in [-0.1, -0.05) is 18.2 Å². The van der Waals surface area contributed by atoms with Crippen molar-refractivity contribution in [1.29, 1.82) is 0 Å². The first-order valence-electron chi connectivity index (χ1n) is 8.65. The van der Waals surface area contributed by atoms with Crippen LogP contribution in [0.2, 0.25) is 0 Å². The molecule has 4 rings (SSSR count). The van der Waals surface area contributed by atoms with Crippen LogP contribution >= 0.6 is 0 Å². The van der Waals surface area contributed by atoms with Crippen LogP contribution in [0.25, 0.3) is 0 Å². The number of alkyl halides is 3. The zero-order valence-electron chi connectivity index (χ0n) is 13.8. The molecule has 2 fully saturated rings. The predicted octanol–water partition coefficient (Wildman–Crippen LogP) is 4.12. The fraction of sp³-hybridized carbons (Fsp3) is 0.474. The van der Waals surface area contributed by atoms with Gasteiger partial charge in [0.25, 0.3) is 0 Å². The fourth-order valence-corrected chi connectivity index (χ4v) is 4.50. The van der Waals surface area contributed by atoms with Gasteiger partial charge in [0.15, 0.2) is 0 Å². The van der Waals surface area contributed by atoms with E-state index < -0.39 is 11.7 Å². The lowest BCUT2D eigenvalue weighted by Gasteiger charge is -2.21. The van der Waals surface area contributed by atoms with Gasteiger partial charge in [0.1, 0.15) is 5.82 Å². The molecule has 0 amide bonds. The number of hydrogen-bond donors (Lipinski definition) is 0. The molecule has 132 valence electrons. The summed E-state index contributed by atoms with van der Waals surface area (Å²) in [5, 5.41) is 0. The quantitative estimate of drug-likeness (QED) is 0.836. The van der Waals surface area contributed by atoms with Crippen molar-refractivity contribution in [2.24, 2.45) is 11.8 Å². The molecular formula is C19H20F3N3. The van der Waals surface area contributed by atoms with Crippen molar-refractivity contribution in [3.8, 4) is 0 Å². The lowest BCUT2D eigenvalue weighted by atomic mass is 9.91. The average molecular weight is 347 g/mol. The molecule has 1 aliphatic carbocycles. The first kappa shape index (κ1) is 16.5. The molecule has 0 spiro atoms. The van der Waals surface area contributed by atoms with E-state index >= 15 is 0 Å². The van der Waals surface area contributed by atoms with Gasteiger partial charge in [-0.3, -0.25) is 4.90 Å². The Hall–Kier alpha value is -1.95. The molecule has 1 saturated heterocycles. The Balaban J connectivity index is 1.43. The van der Waals surface area contributed by atoms with Crippen LogP contribution in [0.15, 0.2) is 42.7 Å². The van der Waals surface area contributed by atoms with Gasteiger partial charge in [0.2, 0.25) is 0 Å². The van der Waals surface area contributed by atoms with Gasteiger partial charge < -0.3 is 0 Å². The van der Waals surface area contributed by atoms with E-state index in [-0.39, 0.29) is 5.92 Å². The molecule has 1 saturated carbocycles. The van der Waals surface area contributed by atoms with Crippen LogP contribution in [0.4, 0.5) is 13.2 Å². The lowest BCUT2D eigenvalue weighted by molar-refractivity contribution is -0.138. The molecule has 1 aromatic carbocycles. The third-order valence-corrected chi connectivity index (χ3v) is 5.52. The van der Waals surface area contributed by atoms with Gasteiger partial charge in [0.05, 0.1) is 12.1 Å². The van der Waals surface area contributed by atoms with Crippen LogP contribution in [0.3, 0.4) is 0 Å². The topological polar surface area (TPSA) is 29.0 Å². The summed E-state index contributed by atoms with van der Waals surface area (Å²) in [5.74, 6) is 1.76. The normalized spacial score (nSPS) is 26.8. The molecule has 2 aliphatic rings. The van der Waals surface area contributed by atoms with Crippen LogP contribution in [-0.2, 0) is 12.7 Å². The van der Waals surface area contributed by atoms with Crippen molar-refractivity contribution < 1.29 is 13.2 Å². The number of likely N-dealkylation sites (tertiary alicyclic amines) is 1. The predicted molar refractivity (Wildman–Crippen MR) is 87.7 cm³/mol. The zero-order chi connectivity index (χ0) is 17.4. The Morgan fingerprint density at radius 2 is 1.60 bits per heavy atom. The van der Waals surface area contributed by atoms with E-state index in [1.54, 1.807) is 30.6 Å². The van der Waals surface area contributed by atoms with Crippen molar-refractivity contribution in [2.75, 3.05) is 13.1 Å². The molecule has 1 aliphatic heterocycles. The lowest BCUT2D eigenvalue weighted by Crippen LogP contribution is -2.23. The molecule has 0 unspecified atom stereocenters. The Labute approximate surface area is 144 Å². The number of nitrogens with zero attached hydrogens (tertiary/aromatic N) is 3. The van der Waals surface area contributed by atoms with Crippen LogP contribution in [-0.4, -0.2) is 28.0 Å². The monoisotopic (exact) mass is 347 g/mol. The second kappa shape index (κ2) is 6.41. The fourth-order valence-electron chi connectivity index (χ4n) is 4.50. The minimum Gasteiger partial charge on any atom is -0.295 e. The molecule has 3 atom stereocenters. The maximum Gasteiger partial charge on any atom is 0.416 e. The highest BCUT2D eigenvalue weighted by atomic mass is 19.4. The van der Waals surface area contributed by atoms with Crippen LogP contribution in [0.5, 0.6) is 0 Å². The largest absolute Gasteiger partial charge is 0.416 e. The maximum absolute atomic E-state index is 13.3. The summed E-state index contributed by atoms with van der Waals surface area (Å²) in [5.41, 5.74) is 0.0110. The van der Waals surface area contributed by atoms with Crippen molar-refractivity contribution in [1.82, 2.24) is 14.9 Å². The summed E-state index contributed by atoms with van der Waals surface area (Å²) in [6, 6.07) is 7.86. The van der Waals surface area contributed by atoms with Crippen LogP contribution in [0.1, 0.15) is 35.7 Å². The van der Waals surface area contributed by atoms with Gasteiger partial charge >= 0.3 is 6.18 Å². The summed E-state index contributed by atoms with van der Waals surface area (Å²) in [6.45, 7) is 2.57. The minimum absolute atomic E-state index is 0.0166. The van der Waals surface area contributed by atoms with Crippen molar-refractivity contribution in [3.05, 3.63) is 59.7 Å². The summed E-state index contributed by atoms with van der Waals surface area (Å²) < 4.78 is 39.8. The molecule has 2 heterocycles. The van der Waals surface area contributed by atoms with E-state index in [1.165, 1.54) is 12.1 Å². The summed E-state index contributed by atoms with van der Waals surface area (Å²) in [7, 11) is 0. The average Bonchev–Trinajstić information content (AvgIpc) is 3.13. The van der Waals surface area contributed by atoms with Gasteiger partial charge in [-0.05, 0) is 48.3 Å². The number of aromatic nitrogens is 2. The third kappa shape index (κ3) is 3.40. The zero-order valence-corrected chi connectivity index (χ0v) is 13.8. The van der Waals surface area contributed by atoms with Gasteiger partial charge in [0, 0.05) is 25.5 Å². The van der Waals surface area contributed by atoms with Gasteiger partial charge in [-0.2, -0.15) is 13.2 Å². The van der Waals surface area contributed by atoms with E-state index in [4.69, 9.17) is 0 Å². The maximum atomic E-state index is 13.3. The second-order valence-corrected chi connectivity index (χ2v) is 7.13. The minimum atomic E-state index is -4.27. The Morgan fingerprint density at radius 1 is 0.960 bits per heavy atom. The SMILES string of the molecule is FC(F)(F)c1ccccc1[C@@H]1C[C@@H]2CN(Cc3ncccn3)C[C@@H]2C1. The van der Waals surface area contributed by atoms with Crippen molar-refractivity contribution in [2.45, 2.75) is 31.5 Å². The summed E-state index contributed by atoms with van der Waals surface area (Å²) >= 11 is 0. The van der Waals surface area contributed by atoms with Crippen LogP contribution in [0, 0.1) is 11.8 Å². The number of hydrogen-bond acceptors (Lipinski definition) is 3. The van der Waals surface area contributed by atoms with E-state index in [0.717, 1.165) is 38.3 Å². The number of benzene rings is 1. The molecule has 25 heavy (non-hydrogen) atoms. The van der Waals surface area contributed by atoms with Crippen molar-refractivity contribution in [3.63, 3.8) is 0 Å². The molecule has 2 aromatic rings. The highest BCUT2D eigenvalue weighted by molar-refractivity contribution is 5.33. The molecule has 0 N–H and O–H groups in total. The van der Waals surface area contributed by atoms with E-state index in [2.05, 4.69) is 14.9 Å². The van der Waals surface area contributed by atoms with Crippen molar-refractivity contribution >= 4 is 0 Å². The Bertz CT molecular complexity index is 718. The highest BCUT2D eigenvalue weighted by Crippen LogP contribution is 2.48. The Morgan fingerprint density at radius 3 is 2.24 bits per heavy atom. The van der Waals surface area contributed by atoms with Gasteiger partial charge in [-0.25, -0.2) is 9.97 Å². The molecule has 0 bridgehead atoms. The first-order valence-corrected chi connectivity index (χ1v) is 8.65. The van der Waals surface area contributed by atoms with E-state index in [1.807, 2.05) is 0 Å². The third-order valence-electron chi connectivity index (χ3n) is 5.52. The number of halogens is 3. The molecule has 0 radical (unpaired) electrons. The molecular weight excluding hydrogens is 327 g/mol. The highest BCUT2D eigenvalue weighted by Gasteiger charge is 2.44. The summed E-state index contributed by atoms with van der Waals surface area (Å²) in [6.07, 6.45) is 0.880. The molecule has 1 aromatic heterocycles. The van der Waals surface area contributed by atoms with E-state index in [9.17, 15) is 13.2 Å². The van der Waals surface area contributed by atoms with Crippen LogP contribution < -0.4 is 0 Å². The standard InChI is InChI=1S/C19H20F3N3/c20-19(21,22)17-5-2-1-4-16(17)13-8-14-10-25(11-15(14)9-13)12-18-23-6-3-7-24-18/h1-7,13-15H,8-12H2/t13-,14-,15+. The van der Waals surface area contributed by atoms with Gasteiger partial charge in [-0.15, -0.1) is 0 Å². The second-order valence-electron chi connectivity index (χ2n) is 7.13. The smallest absolute Gasteiger partial charge is 0.295 e. The summed E-state index contributed by atoms with van der Waals surface area (Å²) in [4.78, 5) is 10.8. The number of rotatable bonds is 3. The number of fused-ring (bicyclic) bond motifs is 1. The first-order chi connectivity index (χ1) is 12.0. The van der Waals surface area contributed by atoms with E-state index in [0.29, 0.717) is 17.4 Å². The molecule has 6 heteroatoms. The molecule has 3 nitrogen and oxygen atoms in total. The Kier molecular flexibility index (Phi) is 4.23.